The summed E-state index contributed by atoms with van der Waals surface area (Å²) < 4.78 is 6.66. The zero-order valence-corrected chi connectivity index (χ0v) is 11.8. The molecule has 2 nitrogen and oxygen atoms in total. The lowest BCUT2D eigenvalue weighted by Gasteiger charge is -2.13. The molecule has 0 amide bonds. The van der Waals surface area contributed by atoms with Crippen LogP contribution in [0.3, 0.4) is 0 Å². The van der Waals surface area contributed by atoms with Crippen molar-refractivity contribution in [2.45, 2.75) is 6.92 Å². The zero-order chi connectivity index (χ0) is 12.1. The van der Waals surface area contributed by atoms with Gasteiger partial charge in [0.1, 0.15) is 10.1 Å². The third kappa shape index (κ3) is 4.08. The number of hydrogen-bond donors (Lipinski definition) is 0. The Bertz CT molecular complexity index is 404. The quantitative estimate of drug-likeness (QED) is 0.725. The van der Waals surface area contributed by atoms with Crippen molar-refractivity contribution in [2.75, 3.05) is 14.1 Å². The van der Waals surface area contributed by atoms with E-state index in [9.17, 15) is 0 Å². The first-order valence-electron chi connectivity index (χ1n) is 4.67. The Morgan fingerprint density at radius 3 is 2.44 bits per heavy atom. The molecule has 1 aromatic carbocycles. The molecular weight excluding hydrogens is 258 g/mol. The lowest BCUT2D eigenvalue weighted by Crippen LogP contribution is -2.19. The number of thiocarbonyl (C=S) groups is 2. The van der Waals surface area contributed by atoms with Gasteiger partial charge in [-0.1, -0.05) is 30.4 Å². The van der Waals surface area contributed by atoms with Gasteiger partial charge in [-0.15, -0.1) is 0 Å². The van der Waals surface area contributed by atoms with Crippen LogP contribution in [0.5, 0.6) is 5.75 Å². The van der Waals surface area contributed by atoms with E-state index in [0.717, 1.165) is 11.3 Å². The van der Waals surface area contributed by atoms with Gasteiger partial charge in [-0.3, -0.25) is 0 Å². The molecule has 86 valence electrons. The summed E-state index contributed by atoms with van der Waals surface area (Å²) in [6.45, 7) is 1.98. The smallest absolute Gasteiger partial charge is 0.232 e. The Balaban J connectivity index is 2.59. The first-order valence-corrected chi connectivity index (χ1v) is 6.30. The predicted molar refractivity (Wildman–Crippen MR) is 78.3 cm³/mol. The molecule has 0 bridgehead atoms. The van der Waals surface area contributed by atoms with Gasteiger partial charge in [-0.25, -0.2) is 0 Å². The summed E-state index contributed by atoms with van der Waals surface area (Å²) in [6, 6.07) is 7.75. The van der Waals surface area contributed by atoms with Crippen LogP contribution in [-0.2, 0) is 0 Å². The Labute approximate surface area is 111 Å². The Morgan fingerprint density at radius 2 is 1.88 bits per heavy atom. The first-order chi connectivity index (χ1) is 7.50. The molecule has 0 aliphatic carbocycles. The van der Waals surface area contributed by atoms with Crippen LogP contribution in [0.1, 0.15) is 5.56 Å². The van der Waals surface area contributed by atoms with Crippen molar-refractivity contribution in [1.82, 2.24) is 4.90 Å². The Kier molecular flexibility index (Phi) is 5.18. The second-order valence-electron chi connectivity index (χ2n) is 3.38. The highest BCUT2D eigenvalue weighted by molar-refractivity contribution is 8.37. The highest BCUT2D eigenvalue weighted by Crippen LogP contribution is 2.20. The van der Waals surface area contributed by atoms with E-state index >= 15 is 0 Å². The maximum atomic E-state index is 5.55. The van der Waals surface area contributed by atoms with Crippen LogP contribution in [0.4, 0.5) is 0 Å². The summed E-state index contributed by atoms with van der Waals surface area (Å²) in [5, 5.41) is 0. The molecule has 0 aromatic heterocycles. The molecule has 0 saturated heterocycles. The predicted octanol–water partition coefficient (Wildman–Crippen LogP) is 3.24. The summed E-state index contributed by atoms with van der Waals surface area (Å²) in [6.07, 6.45) is 0. The lowest BCUT2D eigenvalue weighted by molar-refractivity contribution is 0.574. The van der Waals surface area contributed by atoms with Crippen LogP contribution < -0.4 is 4.74 Å². The van der Waals surface area contributed by atoms with Crippen molar-refractivity contribution in [3.05, 3.63) is 29.8 Å². The second kappa shape index (κ2) is 6.18. The van der Waals surface area contributed by atoms with Gasteiger partial charge < -0.3 is 9.64 Å². The van der Waals surface area contributed by atoms with Crippen LogP contribution in [0.25, 0.3) is 0 Å². The van der Waals surface area contributed by atoms with Crippen LogP contribution >= 0.6 is 36.2 Å². The molecular formula is C11H13NOS3. The molecule has 16 heavy (non-hydrogen) atoms. The summed E-state index contributed by atoms with van der Waals surface area (Å²) in [5.41, 5.74) is 1.06. The van der Waals surface area contributed by atoms with E-state index in [1.165, 1.54) is 11.8 Å². The molecule has 5 heteroatoms. The van der Waals surface area contributed by atoms with Gasteiger partial charge in [0, 0.05) is 14.1 Å². The monoisotopic (exact) mass is 271 g/mol. The molecule has 0 N–H and O–H groups in total. The van der Waals surface area contributed by atoms with E-state index < -0.39 is 0 Å². The molecule has 0 radical (unpaired) electrons. The Morgan fingerprint density at radius 1 is 1.25 bits per heavy atom. The normalized spacial score (nSPS) is 9.69. The maximum Gasteiger partial charge on any atom is 0.232 e. The average molecular weight is 271 g/mol. The van der Waals surface area contributed by atoms with Crippen LogP contribution in [0, 0.1) is 6.92 Å². The molecule has 0 spiro atoms. The van der Waals surface area contributed by atoms with Crippen molar-refractivity contribution in [3.8, 4) is 5.75 Å². The van der Waals surface area contributed by atoms with Crippen molar-refractivity contribution in [1.29, 1.82) is 0 Å². The van der Waals surface area contributed by atoms with E-state index in [1.54, 1.807) is 0 Å². The Hall–Kier alpha value is -0.650. The molecule has 0 saturated carbocycles. The number of rotatable bonds is 1. The van der Waals surface area contributed by atoms with E-state index in [0.29, 0.717) is 8.70 Å². The fourth-order valence-corrected chi connectivity index (χ4v) is 2.11. The second-order valence-corrected chi connectivity index (χ2v) is 5.62. The van der Waals surface area contributed by atoms with E-state index in [1.807, 2.05) is 50.2 Å². The zero-order valence-electron chi connectivity index (χ0n) is 9.39. The molecule has 0 aliphatic heterocycles. The summed E-state index contributed by atoms with van der Waals surface area (Å²) in [5.74, 6) is 0.779. The fraction of sp³-hybridized carbons (Fsp3) is 0.273. The number of aryl methyl sites for hydroxylation is 1. The van der Waals surface area contributed by atoms with Crippen molar-refractivity contribution >= 4 is 44.9 Å². The van der Waals surface area contributed by atoms with Crippen molar-refractivity contribution in [3.63, 3.8) is 0 Å². The maximum absolute atomic E-state index is 5.55. The van der Waals surface area contributed by atoms with Crippen molar-refractivity contribution in [2.24, 2.45) is 0 Å². The molecule has 0 heterocycles. The molecule has 0 aliphatic rings. The largest absolute Gasteiger partial charge is 0.439 e. The van der Waals surface area contributed by atoms with E-state index in [4.69, 9.17) is 29.2 Å². The third-order valence-corrected chi connectivity index (χ3v) is 3.56. The summed E-state index contributed by atoms with van der Waals surface area (Å²) >= 11 is 11.5. The number of thioether (sulfide) groups is 1. The SMILES string of the molecule is Cc1ccccc1OC(=S)SC(=S)N(C)C. The van der Waals surface area contributed by atoms with Crippen LogP contribution in [0.2, 0.25) is 0 Å². The van der Waals surface area contributed by atoms with Gasteiger partial charge in [0.2, 0.25) is 4.38 Å². The van der Waals surface area contributed by atoms with Crippen LogP contribution in [-0.4, -0.2) is 27.7 Å². The first kappa shape index (κ1) is 13.4. The van der Waals surface area contributed by atoms with E-state index in [-0.39, 0.29) is 0 Å². The molecule has 1 rings (SSSR count). The topological polar surface area (TPSA) is 12.5 Å². The van der Waals surface area contributed by atoms with Gasteiger partial charge in [0.15, 0.2) is 0 Å². The number of ether oxygens (including phenoxy) is 1. The lowest BCUT2D eigenvalue weighted by atomic mass is 10.2. The van der Waals surface area contributed by atoms with Crippen molar-refractivity contribution < 1.29 is 4.74 Å². The van der Waals surface area contributed by atoms with E-state index in [2.05, 4.69) is 0 Å². The molecule has 0 unspecified atom stereocenters. The fourth-order valence-electron chi connectivity index (χ4n) is 0.944. The summed E-state index contributed by atoms with van der Waals surface area (Å²) in [7, 11) is 3.76. The number of hydrogen-bond acceptors (Lipinski definition) is 4. The van der Waals surface area contributed by atoms with Gasteiger partial charge in [-0.05, 0) is 42.5 Å². The van der Waals surface area contributed by atoms with Gasteiger partial charge >= 0.3 is 0 Å². The minimum atomic E-state index is 0.424. The molecule has 1 aromatic rings. The number of benzene rings is 1. The molecule has 0 atom stereocenters. The highest BCUT2D eigenvalue weighted by Gasteiger charge is 2.08. The minimum absolute atomic E-state index is 0.424. The molecule has 0 fully saturated rings. The standard InChI is InChI=1S/C11H13NOS3/c1-8-6-4-5-7-9(8)13-11(15)16-10(14)12(2)3/h4-7H,1-3H3. The highest BCUT2D eigenvalue weighted by atomic mass is 32.2. The van der Waals surface area contributed by atoms with Crippen LogP contribution in [0.15, 0.2) is 24.3 Å². The average Bonchev–Trinajstić information content (AvgIpc) is 2.21. The number of para-hydroxylation sites is 1. The third-order valence-electron chi connectivity index (χ3n) is 1.82. The van der Waals surface area contributed by atoms with Gasteiger partial charge in [0.25, 0.3) is 0 Å². The van der Waals surface area contributed by atoms with Gasteiger partial charge in [0.05, 0.1) is 0 Å². The number of nitrogens with zero attached hydrogens (tertiary/aromatic N) is 1. The van der Waals surface area contributed by atoms with Gasteiger partial charge in [-0.2, -0.15) is 0 Å². The minimum Gasteiger partial charge on any atom is -0.439 e. The summed E-state index contributed by atoms with van der Waals surface area (Å²) in [4.78, 5) is 1.83.